The monoisotopic (exact) mass is 691 g/mol. The van der Waals surface area contributed by atoms with E-state index in [2.05, 4.69) is 39.2 Å². The number of aromatic nitrogens is 3. The van der Waals surface area contributed by atoms with Crippen LogP contribution in [0.3, 0.4) is 0 Å². The Hall–Kier alpha value is -6.37. The van der Waals surface area contributed by atoms with Gasteiger partial charge in [-0.3, -0.25) is 24.5 Å². The molecule has 3 heterocycles. The molecular weight excluding hydrogens is 655 g/mol. The van der Waals surface area contributed by atoms with E-state index >= 15 is 9.59 Å². The lowest BCUT2D eigenvalue weighted by atomic mass is 9.53. The molecule has 1 N–H and O–H groups in total. The summed E-state index contributed by atoms with van der Waals surface area (Å²) in [5, 5.41) is 13.3. The number of Topliss-reactive ketones (excluding diaryl/α,β-unsaturated/α-hetero) is 2. The van der Waals surface area contributed by atoms with Gasteiger partial charge in [0.05, 0.1) is 11.6 Å². The van der Waals surface area contributed by atoms with Gasteiger partial charge in [0, 0.05) is 30.4 Å². The van der Waals surface area contributed by atoms with Crippen LogP contribution in [0.15, 0.2) is 182 Å². The Bertz CT molecular complexity index is 2300. The lowest BCUT2D eigenvalue weighted by Crippen LogP contribution is -2.54. The zero-order chi connectivity index (χ0) is 36.2. The number of hydrogen-bond acceptors (Lipinski definition) is 6. The summed E-state index contributed by atoms with van der Waals surface area (Å²) in [6.45, 7) is 0. The van der Waals surface area contributed by atoms with E-state index in [1.165, 1.54) is 0 Å². The molecule has 0 saturated heterocycles. The highest BCUT2D eigenvalue weighted by molar-refractivity contribution is 6.01. The third-order valence-electron chi connectivity index (χ3n) is 10.6. The quantitative estimate of drug-likeness (QED) is 0.152. The fourth-order valence-corrected chi connectivity index (χ4v) is 8.11. The first-order valence-electron chi connectivity index (χ1n) is 17.9. The van der Waals surface area contributed by atoms with Crippen LogP contribution < -0.4 is 0 Å². The van der Waals surface area contributed by atoms with Crippen molar-refractivity contribution in [3.05, 3.63) is 211 Å². The molecule has 4 aromatic carbocycles. The Balaban J connectivity index is 1.36. The molecule has 0 spiro atoms. The van der Waals surface area contributed by atoms with E-state index in [4.69, 9.17) is 0 Å². The molecule has 1 saturated carbocycles. The minimum absolute atomic E-state index is 0.0692. The fraction of sp³-hybridized carbons (Fsp3) is 0.128. The molecule has 53 heavy (non-hydrogen) atoms. The number of ketones is 2. The summed E-state index contributed by atoms with van der Waals surface area (Å²) in [5.74, 6) is -3.75. The molecule has 3 aromatic heterocycles. The van der Waals surface area contributed by atoms with E-state index in [9.17, 15) is 5.11 Å². The maximum Gasteiger partial charge on any atom is 0.188 e. The van der Waals surface area contributed by atoms with Gasteiger partial charge in [-0.2, -0.15) is 0 Å². The second-order valence-electron chi connectivity index (χ2n) is 13.6. The second-order valence-corrected chi connectivity index (χ2v) is 13.6. The summed E-state index contributed by atoms with van der Waals surface area (Å²) in [5.41, 5.74) is 4.91. The molecule has 0 unspecified atom stereocenters. The molecule has 6 nitrogen and oxygen atoms in total. The summed E-state index contributed by atoms with van der Waals surface area (Å²) in [7, 11) is 0. The number of benzene rings is 4. The minimum atomic E-state index is -1.78. The second kappa shape index (κ2) is 14.7. The largest absolute Gasteiger partial charge is 0.383 e. The zero-order valence-corrected chi connectivity index (χ0v) is 28.9. The normalized spacial score (nSPS) is 21.1. The molecule has 6 heteroatoms. The van der Waals surface area contributed by atoms with Gasteiger partial charge in [0.1, 0.15) is 17.0 Å². The van der Waals surface area contributed by atoms with Crippen LogP contribution in [-0.4, -0.2) is 31.6 Å². The molecule has 0 bridgehead atoms. The van der Waals surface area contributed by atoms with E-state index in [0.717, 1.165) is 33.4 Å². The number of nitrogens with zero attached hydrogens (tertiary/aromatic N) is 3. The third-order valence-corrected chi connectivity index (χ3v) is 10.6. The van der Waals surface area contributed by atoms with Gasteiger partial charge < -0.3 is 5.11 Å². The van der Waals surface area contributed by atoms with E-state index in [0.29, 0.717) is 11.4 Å². The van der Waals surface area contributed by atoms with E-state index in [-0.39, 0.29) is 23.7 Å². The van der Waals surface area contributed by atoms with Crippen LogP contribution in [0.25, 0.3) is 22.3 Å². The van der Waals surface area contributed by atoms with Crippen molar-refractivity contribution in [2.24, 2.45) is 11.8 Å². The number of rotatable bonds is 9. The standard InChI is InChI=1S/C47H37N3O3/c51-45(39-17-7-10-28-48-39)43-38(36-24-20-34(21-25-36)32-13-3-1-4-14-32)31-47(53,41-19-9-12-30-50-41)44(46(52)40-18-8-11-29-49-40)42(43)37-26-22-35(23-27-37)33-15-5-2-6-16-33/h1-30,38,42-44,53H,31H2/t38-,42+,43+,44+,47-/m0/s1. The average molecular weight is 692 g/mol. The van der Waals surface area contributed by atoms with Gasteiger partial charge in [-0.25, -0.2) is 0 Å². The molecule has 258 valence electrons. The molecular formula is C47H37N3O3. The van der Waals surface area contributed by atoms with E-state index in [1.807, 2.05) is 91.0 Å². The van der Waals surface area contributed by atoms with Gasteiger partial charge >= 0.3 is 0 Å². The Labute approximate surface area is 308 Å². The number of carbonyl (C=O) groups excluding carboxylic acids is 2. The topological polar surface area (TPSA) is 93.0 Å². The van der Waals surface area contributed by atoms with Crippen LogP contribution in [-0.2, 0) is 5.60 Å². The summed E-state index contributed by atoms with van der Waals surface area (Å²) < 4.78 is 0. The van der Waals surface area contributed by atoms with Crippen molar-refractivity contribution < 1.29 is 14.7 Å². The van der Waals surface area contributed by atoms with Gasteiger partial charge in [-0.05, 0) is 82.1 Å². The lowest BCUT2D eigenvalue weighted by molar-refractivity contribution is -0.0722. The fourth-order valence-electron chi connectivity index (χ4n) is 8.11. The molecule has 1 fully saturated rings. The van der Waals surface area contributed by atoms with Crippen LogP contribution in [0.4, 0.5) is 0 Å². The van der Waals surface area contributed by atoms with E-state index < -0.39 is 29.3 Å². The van der Waals surface area contributed by atoms with Crippen LogP contribution in [0.2, 0.25) is 0 Å². The first-order valence-corrected chi connectivity index (χ1v) is 17.9. The Morgan fingerprint density at radius 2 is 0.943 bits per heavy atom. The first-order chi connectivity index (χ1) is 26.0. The maximum absolute atomic E-state index is 15.1. The van der Waals surface area contributed by atoms with Gasteiger partial charge in [-0.1, -0.05) is 127 Å². The van der Waals surface area contributed by atoms with Gasteiger partial charge in [0.15, 0.2) is 11.6 Å². The molecule has 7 aromatic rings. The van der Waals surface area contributed by atoms with Crippen molar-refractivity contribution in [2.45, 2.75) is 23.9 Å². The highest BCUT2D eigenvalue weighted by Crippen LogP contribution is 2.58. The summed E-state index contributed by atoms with van der Waals surface area (Å²) >= 11 is 0. The number of pyridine rings is 3. The van der Waals surface area contributed by atoms with Crippen LogP contribution in [0.5, 0.6) is 0 Å². The number of carbonyl (C=O) groups is 2. The molecule has 0 amide bonds. The molecule has 5 atom stereocenters. The van der Waals surface area contributed by atoms with Crippen LogP contribution >= 0.6 is 0 Å². The van der Waals surface area contributed by atoms with E-state index in [1.54, 1.807) is 67.1 Å². The highest BCUT2D eigenvalue weighted by Gasteiger charge is 2.59. The molecule has 1 aliphatic carbocycles. The maximum atomic E-state index is 15.1. The SMILES string of the molecule is O=C(c1ccccn1)[C@H]1[C@@H](c2ccc(-c3ccccc3)cc2)[C@H](C(=O)c2ccccn2)[C@@](O)(c2ccccn2)C[C@H]1c1ccc(-c2ccccc2)cc1. The van der Waals surface area contributed by atoms with Crippen molar-refractivity contribution in [1.29, 1.82) is 0 Å². The molecule has 0 aliphatic heterocycles. The Morgan fingerprint density at radius 3 is 1.43 bits per heavy atom. The molecule has 1 aliphatic rings. The number of aliphatic hydroxyl groups is 1. The predicted molar refractivity (Wildman–Crippen MR) is 206 cm³/mol. The van der Waals surface area contributed by atoms with Crippen LogP contribution in [0.1, 0.15) is 56.1 Å². The number of hydrogen-bond donors (Lipinski definition) is 1. The predicted octanol–water partition coefficient (Wildman–Crippen LogP) is 9.36. The van der Waals surface area contributed by atoms with Gasteiger partial charge in [0.25, 0.3) is 0 Å². The van der Waals surface area contributed by atoms with Crippen molar-refractivity contribution in [3.8, 4) is 22.3 Å². The summed E-state index contributed by atoms with van der Waals surface area (Å²) in [6, 6.07) is 52.3. The van der Waals surface area contributed by atoms with Crippen molar-refractivity contribution in [2.75, 3.05) is 0 Å². The summed E-state index contributed by atoms with van der Waals surface area (Å²) in [6.07, 6.45) is 4.89. The average Bonchev–Trinajstić information content (AvgIpc) is 3.24. The van der Waals surface area contributed by atoms with Crippen molar-refractivity contribution in [1.82, 2.24) is 15.0 Å². The Morgan fingerprint density at radius 1 is 0.491 bits per heavy atom. The molecule has 0 radical (unpaired) electrons. The molecule has 8 rings (SSSR count). The van der Waals surface area contributed by atoms with Gasteiger partial charge in [0.2, 0.25) is 0 Å². The van der Waals surface area contributed by atoms with Gasteiger partial charge in [-0.15, -0.1) is 0 Å². The summed E-state index contributed by atoms with van der Waals surface area (Å²) in [4.78, 5) is 43.8. The minimum Gasteiger partial charge on any atom is -0.383 e. The Kier molecular flexibility index (Phi) is 9.36. The first kappa shape index (κ1) is 33.8. The van der Waals surface area contributed by atoms with Crippen molar-refractivity contribution >= 4 is 11.6 Å². The lowest BCUT2D eigenvalue weighted by Gasteiger charge is -2.50. The highest BCUT2D eigenvalue weighted by atomic mass is 16.3. The zero-order valence-electron chi connectivity index (χ0n) is 28.9. The smallest absolute Gasteiger partial charge is 0.188 e. The van der Waals surface area contributed by atoms with Crippen molar-refractivity contribution in [3.63, 3.8) is 0 Å². The third kappa shape index (κ3) is 6.61. The van der Waals surface area contributed by atoms with Crippen LogP contribution in [0, 0.1) is 11.8 Å².